The number of aromatic nitrogens is 1. The summed E-state index contributed by atoms with van der Waals surface area (Å²) in [5, 5.41) is 1.24. The van der Waals surface area contributed by atoms with Crippen molar-refractivity contribution in [3.05, 3.63) is 35.5 Å². The fourth-order valence-electron chi connectivity index (χ4n) is 3.73. The number of para-hydroxylation sites is 1. The van der Waals surface area contributed by atoms with Crippen molar-refractivity contribution in [1.82, 2.24) is 9.47 Å². The average molecular weight is 375 g/mol. The maximum atomic E-state index is 13.0. The number of hydrogen-bond acceptors (Lipinski definition) is 3. The first-order valence-corrected chi connectivity index (χ1v) is 10.5. The molecule has 1 aliphatic rings. The molecule has 1 atom stereocenters. The van der Waals surface area contributed by atoms with Gasteiger partial charge in [0.1, 0.15) is 4.32 Å². The first-order chi connectivity index (χ1) is 12.1. The van der Waals surface area contributed by atoms with Crippen LogP contribution in [-0.4, -0.2) is 38.5 Å². The van der Waals surface area contributed by atoms with E-state index in [9.17, 15) is 4.79 Å². The molecule has 0 amide bonds. The zero-order valence-electron chi connectivity index (χ0n) is 15.2. The van der Waals surface area contributed by atoms with Gasteiger partial charge in [0, 0.05) is 24.2 Å². The van der Waals surface area contributed by atoms with Crippen molar-refractivity contribution in [2.75, 3.05) is 18.8 Å². The fourth-order valence-corrected chi connectivity index (χ4v) is 4.98. The normalized spacial score (nSPS) is 16.7. The second-order valence-corrected chi connectivity index (χ2v) is 8.36. The molecule has 0 radical (unpaired) electrons. The van der Waals surface area contributed by atoms with Crippen molar-refractivity contribution in [2.24, 2.45) is 5.92 Å². The highest BCUT2D eigenvalue weighted by molar-refractivity contribution is 8.23. The zero-order chi connectivity index (χ0) is 18.0. The molecular formula is C20H26N2OS2. The van der Waals surface area contributed by atoms with Crippen LogP contribution in [0.2, 0.25) is 0 Å². The van der Waals surface area contributed by atoms with Crippen molar-refractivity contribution in [3.8, 4) is 0 Å². The molecule has 25 heavy (non-hydrogen) atoms. The molecule has 0 saturated heterocycles. The highest BCUT2D eigenvalue weighted by Gasteiger charge is 2.26. The minimum absolute atomic E-state index is 0.145. The van der Waals surface area contributed by atoms with Gasteiger partial charge in [-0.3, -0.25) is 9.36 Å². The van der Waals surface area contributed by atoms with E-state index >= 15 is 0 Å². The van der Waals surface area contributed by atoms with Crippen molar-refractivity contribution in [1.29, 1.82) is 0 Å². The summed E-state index contributed by atoms with van der Waals surface area (Å²) in [5.74, 6) is 1.23. The minimum atomic E-state index is 0.145. The number of thioether (sulfide) groups is 1. The van der Waals surface area contributed by atoms with Crippen molar-refractivity contribution in [2.45, 2.75) is 40.0 Å². The Bertz CT molecular complexity index is 792. The monoisotopic (exact) mass is 374 g/mol. The van der Waals surface area contributed by atoms with Gasteiger partial charge < -0.3 is 4.90 Å². The van der Waals surface area contributed by atoms with Gasteiger partial charge in [-0.2, -0.15) is 0 Å². The Morgan fingerprint density at radius 1 is 1.32 bits per heavy atom. The van der Waals surface area contributed by atoms with Gasteiger partial charge in [0.15, 0.2) is 0 Å². The molecule has 0 bridgehead atoms. The summed E-state index contributed by atoms with van der Waals surface area (Å²) in [5.41, 5.74) is 3.65. The lowest BCUT2D eigenvalue weighted by Gasteiger charge is -2.22. The summed E-state index contributed by atoms with van der Waals surface area (Å²) in [6, 6.07) is 8.32. The van der Waals surface area contributed by atoms with Crippen molar-refractivity contribution >= 4 is 45.1 Å². The quantitative estimate of drug-likeness (QED) is 0.720. The molecule has 3 rings (SSSR count). The van der Waals surface area contributed by atoms with Gasteiger partial charge in [-0.05, 0) is 50.7 Å². The van der Waals surface area contributed by atoms with E-state index in [0.717, 1.165) is 42.2 Å². The van der Waals surface area contributed by atoms with E-state index in [4.69, 9.17) is 12.2 Å². The van der Waals surface area contributed by atoms with Gasteiger partial charge in [-0.25, -0.2) is 0 Å². The van der Waals surface area contributed by atoms with Gasteiger partial charge in [0.2, 0.25) is 5.91 Å². The maximum Gasteiger partial charge on any atom is 0.241 e. The van der Waals surface area contributed by atoms with E-state index in [0.29, 0.717) is 11.7 Å². The molecule has 5 heteroatoms. The third-order valence-corrected chi connectivity index (χ3v) is 6.61. The molecule has 0 fully saturated rings. The second-order valence-electron chi connectivity index (χ2n) is 6.75. The highest BCUT2D eigenvalue weighted by Crippen LogP contribution is 2.34. The Morgan fingerprint density at radius 3 is 2.76 bits per heavy atom. The summed E-state index contributed by atoms with van der Waals surface area (Å²) in [6.45, 7) is 8.26. The Labute approximate surface area is 159 Å². The van der Waals surface area contributed by atoms with Gasteiger partial charge >= 0.3 is 0 Å². The standard InChI is InChI=1S/C20H26N2OS2/c1-4-21(5-2)20(24)25-13-19(23)22-17-9-7-6-8-15(17)16-12-14(3)10-11-18(16)22/h6-9,14H,4-5,10-13H2,1-3H3/t14-/m1/s1. The first kappa shape index (κ1) is 18.5. The number of fused-ring (bicyclic) bond motifs is 3. The molecule has 3 nitrogen and oxygen atoms in total. The Kier molecular flexibility index (Phi) is 5.85. The molecule has 134 valence electrons. The Hall–Kier alpha value is -1.33. The zero-order valence-corrected chi connectivity index (χ0v) is 16.9. The van der Waals surface area contributed by atoms with Gasteiger partial charge in [-0.15, -0.1) is 0 Å². The van der Waals surface area contributed by atoms with Crippen LogP contribution in [0.4, 0.5) is 0 Å². The van der Waals surface area contributed by atoms with Gasteiger partial charge in [0.25, 0.3) is 0 Å². The molecule has 0 N–H and O–H groups in total. The van der Waals surface area contributed by atoms with Crippen molar-refractivity contribution < 1.29 is 4.79 Å². The highest BCUT2D eigenvalue weighted by atomic mass is 32.2. The van der Waals surface area contributed by atoms with Crippen LogP contribution in [0, 0.1) is 5.92 Å². The number of benzene rings is 1. The molecule has 1 heterocycles. The molecule has 1 aliphatic carbocycles. The van der Waals surface area contributed by atoms with E-state index in [2.05, 4.69) is 43.9 Å². The molecule has 1 aromatic carbocycles. The summed E-state index contributed by atoms with van der Waals surface area (Å²) in [4.78, 5) is 15.2. The number of carbonyl (C=O) groups excluding carboxylic acids is 1. The predicted octanol–water partition coefficient (Wildman–Crippen LogP) is 4.77. The van der Waals surface area contributed by atoms with Crippen LogP contribution in [0.1, 0.15) is 43.2 Å². The predicted molar refractivity (Wildman–Crippen MR) is 112 cm³/mol. The molecule has 0 spiro atoms. The summed E-state index contributed by atoms with van der Waals surface area (Å²) in [6.07, 6.45) is 3.21. The Morgan fingerprint density at radius 2 is 2.04 bits per heavy atom. The van der Waals surface area contributed by atoms with Crippen molar-refractivity contribution in [3.63, 3.8) is 0 Å². The number of nitrogens with zero attached hydrogens (tertiary/aromatic N) is 2. The smallest absolute Gasteiger partial charge is 0.241 e. The molecular weight excluding hydrogens is 348 g/mol. The third kappa shape index (κ3) is 3.63. The van der Waals surface area contributed by atoms with E-state index in [1.807, 2.05) is 10.6 Å². The van der Waals surface area contributed by atoms with Crippen LogP contribution in [0.5, 0.6) is 0 Å². The van der Waals surface area contributed by atoms with Crippen LogP contribution in [0.3, 0.4) is 0 Å². The lowest BCUT2D eigenvalue weighted by atomic mass is 9.88. The van der Waals surface area contributed by atoms with E-state index in [1.165, 1.54) is 28.4 Å². The van der Waals surface area contributed by atoms with E-state index < -0.39 is 0 Å². The third-order valence-electron chi connectivity index (χ3n) is 5.11. The summed E-state index contributed by atoms with van der Waals surface area (Å²) < 4.78 is 2.78. The van der Waals surface area contributed by atoms with E-state index in [1.54, 1.807) is 0 Å². The molecule has 0 saturated carbocycles. The maximum absolute atomic E-state index is 13.0. The van der Waals surface area contributed by atoms with Gasteiger partial charge in [0.05, 0.1) is 11.3 Å². The molecule has 0 unspecified atom stereocenters. The van der Waals surface area contributed by atoms with Crippen LogP contribution < -0.4 is 0 Å². The number of rotatable bonds is 4. The minimum Gasteiger partial charge on any atom is -0.358 e. The van der Waals surface area contributed by atoms with E-state index in [-0.39, 0.29) is 5.91 Å². The summed E-state index contributed by atoms with van der Waals surface area (Å²) >= 11 is 6.97. The Balaban J connectivity index is 1.88. The van der Waals surface area contributed by atoms with Crippen LogP contribution in [-0.2, 0) is 12.8 Å². The second kappa shape index (κ2) is 7.92. The fraction of sp³-hybridized carbons (Fsp3) is 0.500. The number of thiocarbonyl (C=S) groups is 1. The molecule has 0 aliphatic heterocycles. The molecule has 1 aromatic heterocycles. The lowest BCUT2D eigenvalue weighted by Crippen LogP contribution is -2.28. The number of hydrogen-bond donors (Lipinski definition) is 0. The first-order valence-electron chi connectivity index (χ1n) is 9.12. The average Bonchev–Trinajstić information content (AvgIpc) is 2.94. The number of carbonyl (C=O) groups is 1. The van der Waals surface area contributed by atoms with Crippen LogP contribution in [0.25, 0.3) is 10.9 Å². The van der Waals surface area contributed by atoms with Crippen LogP contribution in [0.15, 0.2) is 24.3 Å². The summed E-state index contributed by atoms with van der Waals surface area (Å²) in [7, 11) is 0. The van der Waals surface area contributed by atoms with Crippen LogP contribution >= 0.6 is 24.0 Å². The molecule has 2 aromatic rings. The topological polar surface area (TPSA) is 25.2 Å². The largest absolute Gasteiger partial charge is 0.358 e. The SMILES string of the molecule is CCN(CC)C(=S)SCC(=O)n1c2c(c3ccccc31)C[C@H](C)CC2. The van der Waals surface area contributed by atoms with Gasteiger partial charge in [-0.1, -0.05) is 49.1 Å². The lowest BCUT2D eigenvalue weighted by molar-refractivity contribution is 0.0943.